The molecule has 0 spiro atoms. The molecule has 0 atom stereocenters. The predicted molar refractivity (Wildman–Crippen MR) is 246 cm³/mol. The minimum atomic E-state index is 0.628. The molecule has 0 amide bonds. The Morgan fingerprint density at radius 1 is 0.288 bits per heavy atom. The molecule has 12 aromatic rings. The first-order chi connectivity index (χ1) is 29.2. The average Bonchev–Trinajstić information content (AvgIpc) is 3.61. The van der Waals surface area contributed by atoms with Crippen molar-refractivity contribution in [1.29, 1.82) is 0 Å². The Kier molecular flexibility index (Phi) is 7.50. The van der Waals surface area contributed by atoms with Gasteiger partial charge < -0.3 is 4.57 Å². The van der Waals surface area contributed by atoms with Crippen molar-refractivity contribution in [2.45, 2.75) is 0 Å². The van der Waals surface area contributed by atoms with E-state index in [1.54, 1.807) is 0 Å². The molecule has 0 aliphatic carbocycles. The Labute approximate surface area is 340 Å². The second-order valence-corrected chi connectivity index (χ2v) is 15.2. The highest BCUT2D eigenvalue weighted by Gasteiger charge is 2.23. The van der Waals surface area contributed by atoms with Gasteiger partial charge in [0.1, 0.15) is 0 Å². The van der Waals surface area contributed by atoms with Crippen molar-refractivity contribution in [3.63, 3.8) is 0 Å². The van der Waals surface area contributed by atoms with Crippen LogP contribution in [0, 0.1) is 0 Å². The minimum Gasteiger partial charge on any atom is -0.309 e. The zero-order valence-corrected chi connectivity index (χ0v) is 31.9. The molecule has 2 aromatic heterocycles. The van der Waals surface area contributed by atoms with Crippen LogP contribution in [-0.2, 0) is 0 Å². The first-order valence-corrected chi connectivity index (χ1v) is 20.0. The summed E-state index contributed by atoms with van der Waals surface area (Å²) in [6, 6.07) is 73.6. The summed E-state index contributed by atoms with van der Waals surface area (Å²) in [5.74, 6) is 1.89. The molecule has 0 saturated heterocycles. The Morgan fingerprint density at radius 2 is 0.746 bits per heavy atom. The van der Waals surface area contributed by atoms with Gasteiger partial charge in [0.15, 0.2) is 17.5 Å². The summed E-state index contributed by atoms with van der Waals surface area (Å²) < 4.78 is 2.48. The first-order valence-electron chi connectivity index (χ1n) is 20.0. The van der Waals surface area contributed by atoms with E-state index < -0.39 is 0 Å². The van der Waals surface area contributed by atoms with E-state index in [1.165, 1.54) is 37.7 Å². The lowest BCUT2D eigenvalue weighted by atomic mass is 9.92. The maximum atomic E-state index is 5.37. The van der Waals surface area contributed by atoms with Gasteiger partial charge in [-0.2, -0.15) is 0 Å². The highest BCUT2D eigenvalue weighted by Crippen LogP contribution is 2.44. The van der Waals surface area contributed by atoms with Gasteiger partial charge in [-0.15, -0.1) is 0 Å². The van der Waals surface area contributed by atoms with Gasteiger partial charge in [0.25, 0.3) is 0 Å². The lowest BCUT2D eigenvalue weighted by Crippen LogP contribution is -2.03. The maximum absolute atomic E-state index is 5.37. The molecule has 10 aromatic carbocycles. The quantitative estimate of drug-likeness (QED) is 0.176. The second-order valence-electron chi connectivity index (χ2n) is 15.2. The molecule has 0 unspecified atom stereocenters. The van der Waals surface area contributed by atoms with Crippen LogP contribution in [0.5, 0.6) is 0 Å². The third-order valence-corrected chi connectivity index (χ3v) is 11.7. The summed E-state index contributed by atoms with van der Waals surface area (Å²) >= 11 is 0. The Balaban J connectivity index is 1.20. The second kappa shape index (κ2) is 13.3. The zero-order chi connectivity index (χ0) is 38.9. The van der Waals surface area contributed by atoms with E-state index in [0.29, 0.717) is 17.5 Å². The van der Waals surface area contributed by atoms with E-state index in [2.05, 4.69) is 193 Å². The van der Waals surface area contributed by atoms with Crippen LogP contribution in [0.3, 0.4) is 0 Å². The molecule has 0 N–H and O–H groups in total. The Bertz CT molecular complexity index is 3510. The molecule has 0 fully saturated rings. The molecule has 4 heteroatoms. The van der Waals surface area contributed by atoms with E-state index in [1.807, 2.05) is 18.2 Å². The topological polar surface area (TPSA) is 43.6 Å². The van der Waals surface area contributed by atoms with Crippen molar-refractivity contribution < 1.29 is 0 Å². The van der Waals surface area contributed by atoms with E-state index in [-0.39, 0.29) is 0 Å². The van der Waals surface area contributed by atoms with Crippen LogP contribution < -0.4 is 0 Å². The molecule has 2 heterocycles. The van der Waals surface area contributed by atoms with E-state index >= 15 is 0 Å². The number of hydrogen-bond acceptors (Lipinski definition) is 3. The van der Waals surface area contributed by atoms with Crippen LogP contribution in [-0.4, -0.2) is 19.5 Å². The number of hydrogen-bond donors (Lipinski definition) is 0. The summed E-state index contributed by atoms with van der Waals surface area (Å²) in [7, 11) is 0. The Morgan fingerprint density at radius 3 is 1.36 bits per heavy atom. The fraction of sp³-hybridized carbons (Fsp3) is 0. The molecule has 59 heavy (non-hydrogen) atoms. The van der Waals surface area contributed by atoms with Crippen molar-refractivity contribution in [3.05, 3.63) is 206 Å². The van der Waals surface area contributed by atoms with E-state index in [4.69, 9.17) is 15.0 Å². The molecular weight excluding hydrogens is 717 g/mol. The first kappa shape index (κ1) is 33.2. The van der Waals surface area contributed by atoms with Crippen molar-refractivity contribution >= 4 is 64.9 Å². The highest BCUT2D eigenvalue weighted by atomic mass is 15.0. The van der Waals surface area contributed by atoms with Gasteiger partial charge in [-0.1, -0.05) is 170 Å². The average molecular weight is 751 g/mol. The van der Waals surface area contributed by atoms with Crippen molar-refractivity contribution in [3.8, 4) is 51.0 Å². The number of fused-ring (bicyclic) bond motifs is 7. The van der Waals surface area contributed by atoms with Gasteiger partial charge in [0.05, 0.1) is 16.7 Å². The fourth-order valence-corrected chi connectivity index (χ4v) is 8.94. The summed E-state index contributed by atoms with van der Waals surface area (Å²) in [5.41, 5.74) is 8.40. The van der Waals surface area contributed by atoms with Crippen LogP contribution in [0.1, 0.15) is 0 Å². The van der Waals surface area contributed by atoms with Crippen molar-refractivity contribution in [2.75, 3.05) is 0 Å². The third kappa shape index (κ3) is 5.49. The summed E-state index contributed by atoms with van der Waals surface area (Å²) in [4.78, 5) is 15.8. The smallest absolute Gasteiger partial charge is 0.165 e. The summed E-state index contributed by atoms with van der Waals surface area (Å²) in [5, 5.41) is 11.8. The fourth-order valence-electron chi connectivity index (χ4n) is 8.94. The monoisotopic (exact) mass is 750 g/mol. The molecule has 0 bridgehead atoms. The van der Waals surface area contributed by atoms with E-state index in [9.17, 15) is 0 Å². The van der Waals surface area contributed by atoms with Crippen LogP contribution in [0.2, 0.25) is 0 Å². The van der Waals surface area contributed by atoms with Gasteiger partial charge in [0.2, 0.25) is 0 Å². The van der Waals surface area contributed by atoms with Crippen molar-refractivity contribution in [1.82, 2.24) is 19.5 Å². The van der Waals surface area contributed by atoms with Crippen LogP contribution in [0.25, 0.3) is 116 Å². The molecular formula is C55H34N4. The molecule has 12 rings (SSSR count). The molecule has 0 aliphatic rings. The van der Waals surface area contributed by atoms with Crippen LogP contribution in [0.4, 0.5) is 0 Å². The molecule has 0 aliphatic heterocycles. The van der Waals surface area contributed by atoms with Crippen LogP contribution in [0.15, 0.2) is 206 Å². The van der Waals surface area contributed by atoms with Gasteiger partial charge in [0, 0.05) is 32.8 Å². The molecule has 0 saturated carbocycles. The lowest BCUT2D eigenvalue weighted by Gasteiger charge is -2.19. The number of benzene rings is 10. The van der Waals surface area contributed by atoms with Gasteiger partial charge >= 0.3 is 0 Å². The van der Waals surface area contributed by atoms with Gasteiger partial charge in [-0.25, -0.2) is 15.0 Å². The van der Waals surface area contributed by atoms with Gasteiger partial charge in [-0.3, -0.25) is 0 Å². The van der Waals surface area contributed by atoms with Crippen LogP contribution >= 0.6 is 0 Å². The van der Waals surface area contributed by atoms with E-state index in [0.717, 1.165) is 60.7 Å². The number of aromatic nitrogens is 4. The molecule has 274 valence electrons. The normalized spacial score (nSPS) is 11.7. The predicted octanol–water partition coefficient (Wildman–Crippen LogP) is 14.2. The third-order valence-electron chi connectivity index (χ3n) is 11.7. The SMILES string of the molecule is c1ccc(-c2nc(-c3ccc4ccccc4c3)nc(-c3c(-c4ccccc4)cc(-n4c5cc6ccccc6cc5c5cc6ccccc6cc54)c4ccccc34)n2)cc1. The molecule has 0 radical (unpaired) electrons. The lowest BCUT2D eigenvalue weighted by molar-refractivity contribution is 1.08. The zero-order valence-electron chi connectivity index (χ0n) is 31.9. The number of nitrogens with zero attached hydrogens (tertiary/aromatic N) is 4. The minimum absolute atomic E-state index is 0.628. The Hall–Kier alpha value is -7.95. The summed E-state index contributed by atoms with van der Waals surface area (Å²) in [6.45, 7) is 0. The standard InChI is InChI=1S/C55H34N4/c1-3-16-36(17-4-1)46-34-51(59-49-32-41-23-11-9-21-39(41)30-47(49)48-31-40-22-10-12-24-42(40)33-50(48)59)44-25-13-14-26-45(44)52(46)55-57-53(37-18-5-2-6-19-37)56-54(58-55)43-28-27-35-15-7-8-20-38(35)29-43/h1-34H. The largest absolute Gasteiger partial charge is 0.309 e. The summed E-state index contributed by atoms with van der Waals surface area (Å²) in [6.07, 6.45) is 0. The maximum Gasteiger partial charge on any atom is 0.165 e. The van der Waals surface area contributed by atoms with Gasteiger partial charge in [-0.05, 0) is 85.2 Å². The van der Waals surface area contributed by atoms with Crippen molar-refractivity contribution in [2.24, 2.45) is 0 Å². The number of rotatable bonds is 5. The highest BCUT2D eigenvalue weighted by molar-refractivity contribution is 6.18. The molecule has 4 nitrogen and oxygen atoms in total.